The molecule has 3 atom stereocenters. The van der Waals surface area contributed by atoms with E-state index in [9.17, 15) is 4.79 Å². The summed E-state index contributed by atoms with van der Waals surface area (Å²) in [5.41, 5.74) is 0. The van der Waals surface area contributed by atoms with E-state index in [4.69, 9.17) is 4.74 Å². The van der Waals surface area contributed by atoms with E-state index < -0.39 is 0 Å². The third-order valence-electron chi connectivity index (χ3n) is 3.36. The standard InChI is InChI=1S/C11H20N2O2/c1-3-15-10-6-9(10)11(14)13(2)8-4-5-12-7-8/h8-10,12H,3-7H2,1-2H3. The summed E-state index contributed by atoms with van der Waals surface area (Å²) in [5, 5.41) is 3.28. The number of carbonyl (C=O) groups excluding carboxylic acids is 1. The van der Waals surface area contributed by atoms with E-state index in [1.165, 1.54) is 0 Å². The van der Waals surface area contributed by atoms with Gasteiger partial charge in [-0.1, -0.05) is 0 Å². The number of nitrogens with zero attached hydrogens (tertiary/aromatic N) is 1. The van der Waals surface area contributed by atoms with Gasteiger partial charge in [-0.2, -0.15) is 0 Å². The van der Waals surface area contributed by atoms with E-state index in [2.05, 4.69) is 5.32 Å². The molecule has 1 saturated heterocycles. The second-order valence-electron chi connectivity index (χ2n) is 4.43. The fourth-order valence-corrected chi connectivity index (χ4v) is 2.24. The molecule has 1 N–H and O–H groups in total. The van der Waals surface area contributed by atoms with Crippen molar-refractivity contribution in [1.82, 2.24) is 10.2 Å². The zero-order valence-corrected chi connectivity index (χ0v) is 9.53. The largest absolute Gasteiger partial charge is 0.378 e. The first-order valence-electron chi connectivity index (χ1n) is 5.83. The highest BCUT2D eigenvalue weighted by molar-refractivity contribution is 5.82. The molecule has 4 heteroatoms. The SMILES string of the molecule is CCOC1CC1C(=O)N(C)C1CCNC1. The number of likely N-dealkylation sites (N-methyl/N-ethyl adjacent to an activating group) is 1. The molecular weight excluding hydrogens is 192 g/mol. The number of hydrogen-bond acceptors (Lipinski definition) is 3. The number of ether oxygens (including phenoxy) is 1. The van der Waals surface area contributed by atoms with Crippen molar-refractivity contribution in [2.24, 2.45) is 5.92 Å². The highest BCUT2D eigenvalue weighted by atomic mass is 16.5. The maximum absolute atomic E-state index is 12.0. The van der Waals surface area contributed by atoms with E-state index in [1.807, 2.05) is 18.9 Å². The van der Waals surface area contributed by atoms with Crippen LogP contribution in [0.5, 0.6) is 0 Å². The Morgan fingerprint density at radius 3 is 3.00 bits per heavy atom. The molecule has 2 rings (SSSR count). The second kappa shape index (κ2) is 4.49. The number of hydrogen-bond donors (Lipinski definition) is 1. The summed E-state index contributed by atoms with van der Waals surface area (Å²) in [6.07, 6.45) is 2.19. The van der Waals surface area contributed by atoms with Crippen LogP contribution in [0.4, 0.5) is 0 Å². The normalized spacial score (nSPS) is 34.1. The highest BCUT2D eigenvalue weighted by Crippen LogP contribution is 2.35. The van der Waals surface area contributed by atoms with E-state index >= 15 is 0 Å². The van der Waals surface area contributed by atoms with Gasteiger partial charge in [0, 0.05) is 26.2 Å². The highest BCUT2D eigenvalue weighted by Gasteiger charge is 2.46. The Kier molecular flexibility index (Phi) is 3.26. The summed E-state index contributed by atoms with van der Waals surface area (Å²) in [7, 11) is 1.92. The molecule has 86 valence electrons. The number of carbonyl (C=O) groups is 1. The van der Waals surface area contributed by atoms with E-state index in [0.717, 1.165) is 25.9 Å². The van der Waals surface area contributed by atoms with Gasteiger partial charge >= 0.3 is 0 Å². The van der Waals surface area contributed by atoms with Gasteiger partial charge in [0.05, 0.1) is 12.0 Å². The molecule has 2 fully saturated rings. The van der Waals surface area contributed by atoms with Crippen molar-refractivity contribution in [2.45, 2.75) is 31.9 Å². The van der Waals surface area contributed by atoms with Crippen molar-refractivity contribution in [3.05, 3.63) is 0 Å². The van der Waals surface area contributed by atoms with Gasteiger partial charge in [-0.25, -0.2) is 0 Å². The van der Waals surface area contributed by atoms with Crippen LogP contribution < -0.4 is 5.32 Å². The second-order valence-corrected chi connectivity index (χ2v) is 4.43. The Morgan fingerprint density at radius 1 is 1.60 bits per heavy atom. The molecule has 2 aliphatic rings. The molecule has 3 unspecified atom stereocenters. The minimum atomic E-state index is 0.135. The van der Waals surface area contributed by atoms with Crippen LogP contribution in [0.3, 0.4) is 0 Å². The first kappa shape index (κ1) is 10.9. The lowest BCUT2D eigenvalue weighted by Crippen LogP contribution is -2.39. The van der Waals surface area contributed by atoms with Crippen LogP contribution in [0.15, 0.2) is 0 Å². The molecule has 0 aromatic rings. The molecule has 0 spiro atoms. The van der Waals surface area contributed by atoms with Crippen molar-refractivity contribution >= 4 is 5.91 Å². The number of nitrogens with one attached hydrogen (secondary N) is 1. The molecule has 15 heavy (non-hydrogen) atoms. The Balaban J connectivity index is 1.80. The molecule has 1 amide bonds. The van der Waals surface area contributed by atoms with Crippen molar-refractivity contribution < 1.29 is 9.53 Å². The Bertz CT molecular complexity index is 239. The fraction of sp³-hybridized carbons (Fsp3) is 0.909. The molecule has 1 aliphatic carbocycles. The molecule has 1 aliphatic heterocycles. The van der Waals surface area contributed by atoms with Crippen LogP contribution in [0, 0.1) is 5.92 Å². The van der Waals surface area contributed by atoms with Crippen molar-refractivity contribution in [2.75, 3.05) is 26.7 Å². The maximum atomic E-state index is 12.0. The zero-order chi connectivity index (χ0) is 10.8. The quantitative estimate of drug-likeness (QED) is 0.725. The summed E-state index contributed by atoms with van der Waals surface area (Å²) >= 11 is 0. The minimum absolute atomic E-state index is 0.135. The lowest BCUT2D eigenvalue weighted by Gasteiger charge is -2.23. The smallest absolute Gasteiger partial charge is 0.228 e. The van der Waals surface area contributed by atoms with Gasteiger partial charge < -0.3 is 15.0 Å². The van der Waals surface area contributed by atoms with Gasteiger partial charge in [0.1, 0.15) is 0 Å². The summed E-state index contributed by atoms with van der Waals surface area (Å²) in [6, 6.07) is 0.389. The first-order valence-corrected chi connectivity index (χ1v) is 5.83. The fourth-order valence-electron chi connectivity index (χ4n) is 2.24. The van der Waals surface area contributed by atoms with Gasteiger partial charge in [-0.05, 0) is 26.3 Å². The van der Waals surface area contributed by atoms with Crippen LogP contribution in [-0.4, -0.2) is 49.7 Å². The third-order valence-corrected chi connectivity index (χ3v) is 3.36. The van der Waals surface area contributed by atoms with Crippen molar-refractivity contribution in [3.8, 4) is 0 Å². The lowest BCUT2D eigenvalue weighted by atomic mass is 10.2. The zero-order valence-electron chi connectivity index (χ0n) is 9.53. The summed E-state index contributed by atoms with van der Waals surface area (Å²) < 4.78 is 5.44. The third kappa shape index (κ3) is 2.32. The molecule has 0 aromatic heterocycles. The van der Waals surface area contributed by atoms with Gasteiger partial charge in [0.15, 0.2) is 0 Å². The van der Waals surface area contributed by atoms with E-state index in [-0.39, 0.29) is 17.9 Å². The first-order chi connectivity index (χ1) is 7.24. The predicted octanol–water partition coefficient (Wildman–Crippen LogP) is 0.232. The maximum Gasteiger partial charge on any atom is 0.228 e. The molecule has 4 nitrogen and oxygen atoms in total. The summed E-state index contributed by atoms with van der Waals surface area (Å²) in [6.45, 7) is 4.66. The number of amides is 1. The van der Waals surface area contributed by atoms with Crippen molar-refractivity contribution in [3.63, 3.8) is 0 Å². The van der Waals surface area contributed by atoms with Crippen LogP contribution in [0.1, 0.15) is 19.8 Å². The van der Waals surface area contributed by atoms with E-state index in [1.54, 1.807) is 0 Å². The predicted molar refractivity (Wildman–Crippen MR) is 57.6 cm³/mol. The Hall–Kier alpha value is -0.610. The Labute approximate surface area is 91.0 Å². The molecule has 1 heterocycles. The minimum Gasteiger partial charge on any atom is -0.378 e. The monoisotopic (exact) mass is 212 g/mol. The Morgan fingerprint density at radius 2 is 2.40 bits per heavy atom. The lowest BCUT2D eigenvalue weighted by molar-refractivity contribution is -0.134. The molecular formula is C11H20N2O2. The summed E-state index contributed by atoms with van der Waals surface area (Å²) in [5.74, 6) is 0.401. The van der Waals surface area contributed by atoms with Gasteiger partial charge in [-0.15, -0.1) is 0 Å². The van der Waals surface area contributed by atoms with Gasteiger partial charge in [0.2, 0.25) is 5.91 Å². The van der Waals surface area contributed by atoms with Crippen molar-refractivity contribution in [1.29, 1.82) is 0 Å². The van der Waals surface area contributed by atoms with Crippen LogP contribution in [0.25, 0.3) is 0 Å². The summed E-state index contributed by atoms with van der Waals surface area (Å²) in [4.78, 5) is 13.9. The van der Waals surface area contributed by atoms with E-state index in [0.29, 0.717) is 12.6 Å². The number of rotatable bonds is 4. The molecule has 0 aromatic carbocycles. The molecule has 1 saturated carbocycles. The topological polar surface area (TPSA) is 41.6 Å². The van der Waals surface area contributed by atoms with Crippen LogP contribution >= 0.6 is 0 Å². The van der Waals surface area contributed by atoms with Crippen LogP contribution in [0.2, 0.25) is 0 Å². The molecule has 0 bridgehead atoms. The molecule has 0 radical (unpaired) electrons. The van der Waals surface area contributed by atoms with Gasteiger partial charge in [0.25, 0.3) is 0 Å². The average molecular weight is 212 g/mol. The van der Waals surface area contributed by atoms with Gasteiger partial charge in [-0.3, -0.25) is 4.79 Å². The average Bonchev–Trinajstić information content (AvgIpc) is 2.80. The van der Waals surface area contributed by atoms with Crippen LogP contribution in [-0.2, 0) is 9.53 Å².